The Kier molecular flexibility index (Phi) is 5.47. The molecular weight excluding hydrogens is 370 g/mol. The minimum absolute atomic E-state index is 0.168. The van der Waals surface area contributed by atoms with Crippen LogP contribution in [0, 0.1) is 0 Å². The molecule has 3 nitrogen and oxygen atoms in total. The molecule has 0 unspecified atom stereocenters. The molecule has 0 heterocycles. The van der Waals surface area contributed by atoms with Crippen molar-refractivity contribution in [2.24, 2.45) is 0 Å². The first-order valence-electron chi connectivity index (χ1n) is 5.07. The van der Waals surface area contributed by atoms with E-state index in [-0.39, 0.29) is 5.75 Å². The van der Waals surface area contributed by atoms with E-state index in [9.17, 15) is 8.42 Å². The zero-order chi connectivity index (χ0) is 13.1. The van der Waals surface area contributed by atoms with E-state index < -0.39 is 9.84 Å². The molecule has 17 heavy (non-hydrogen) atoms. The summed E-state index contributed by atoms with van der Waals surface area (Å²) < 4.78 is 23.3. The van der Waals surface area contributed by atoms with E-state index in [1.54, 1.807) is 0 Å². The first-order valence-corrected chi connectivity index (χ1v) is 9.04. The molecule has 0 saturated heterocycles. The number of benzene rings is 1. The summed E-state index contributed by atoms with van der Waals surface area (Å²) in [6, 6.07) is 5.97. The van der Waals surface area contributed by atoms with Crippen LogP contribution in [-0.4, -0.2) is 34.0 Å². The van der Waals surface area contributed by atoms with Gasteiger partial charge >= 0.3 is 0 Å². The Hall–Kier alpha value is -0.0700. The summed E-state index contributed by atoms with van der Waals surface area (Å²) in [5.41, 5.74) is 2.18. The first kappa shape index (κ1) is 15.0. The van der Waals surface area contributed by atoms with Crippen molar-refractivity contribution in [3.63, 3.8) is 0 Å². The van der Waals surface area contributed by atoms with E-state index in [0.717, 1.165) is 21.1 Å². The molecule has 0 aliphatic carbocycles. The molecule has 1 rings (SSSR count). The summed E-state index contributed by atoms with van der Waals surface area (Å²) in [6.45, 7) is 0.500. The van der Waals surface area contributed by atoms with Gasteiger partial charge in [-0.25, -0.2) is 8.42 Å². The molecule has 96 valence electrons. The second-order valence-corrected chi connectivity index (χ2v) is 7.69. The second-order valence-electron chi connectivity index (χ2n) is 3.96. The lowest BCUT2D eigenvalue weighted by Gasteiger charge is -2.21. The normalized spacial score (nSPS) is 11.5. The van der Waals surface area contributed by atoms with Crippen molar-refractivity contribution < 1.29 is 8.42 Å². The highest BCUT2D eigenvalue weighted by Gasteiger charge is 2.10. The second kappa shape index (κ2) is 6.20. The van der Waals surface area contributed by atoms with Crippen molar-refractivity contribution in [2.75, 3.05) is 30.5 Å². The molecule has 6 heteroatoms. The zero-order valence-electron chi connectivity index (χ0n) is 9.78. The molecule has 0 aromatic heterocycles. The maximum absolute atomic E-state index is 11.1. The van der Waals surface area contributed by atoms with Gasteiger partial charge in [-0.2, -0.15) is 0 Å². The lowest BCUT2D eigenvalue weighted by molar-refractivity contribution is 0.601. The summed E-state index contributed by atoms with van der Waals surface area (Å²) in [5.74, 6) is 0.168. The Morgan fingerprint density at radius 3 is 2.53 bits per heavy atom. The van der Waals surface area contributed by atoms with Crippen molar-refractivity contribution in [1.82, 2.24) is 0 Å². The summed E-state index contributed by atoms with van der Waals surface area (Å²) in [7, 11) is -1.01. The quantitative estimate of drug-likeness (QED) is 0.732. The van der Waals surface area contributed by atoms with Gasteiger partial charge in [0.1, 0.15) is 9.84 Å². The van der Waals surface area contributed by atoms with E-state index in [1.807, 2.05) is 30.1 Å². The van der Waals surface area contributed by atoms with E-state index in [2.05, 4.69) is 31.9 Å². The summed E-state index contributed by atoms with van der Waals surface area (Å²) in [5, 5.41) is 0.741. The fraction of sp³-hybridized carbons (Fsp3) is 0.455. The molecule has 0 radical (unpaired) electrons. The van der Waals surface area contributed by atoms with Crippen LogP contribution in [0.15, 0.2) is 22.7 Å². The smallest absolute Gasteiger partial charge is 0.149 e. The summed E-state index contributed by atoms with van der Waals surface area (Å²) >= 11 is 6.86. The van der Waals surface area contributed by atoms with Crippen LogP contribution >= 0.6 is 31.9 Å². The van der Waals surface area contributed by atoms with Gasteiger partial charge < -0.3 is 4.90 Å². The lowest BCUT2D eigenvalue weighted by Crippen LogP contribution is -2.25. The minimum atomic E-state index is -2.92. The van der Waals surface area contributed by atoms with E-state index in [4.69, 9.17) is 0 Å². The molecule has 0 N–H and O–H groups in total. The number of halogens is 2. The van der Waals surface area contributed by atoms with Gasteiger partial charge in [-0.3, -0.25) is 0 Å². The third-order valence-electron chi connectivity index (χ3n) is 2.39. The van der Waals surface area contributed by atoms with Crippen LogP contribution in [0.2, 0.25) is 0 Å². The highest BCUT2D eigenvalue weighted by atomic mass is 79.9. The molecule has 1 aromatic rings. The van der Waals surface area contributed by atoms with E-state index >= 15 is 0 Å². The molecule has 1 aromatic carbocycles. The monoisotopic (exact) mass is 383 g/mol. The lowest BCUT2D eigenvalue weighted by atomic mass is 10.2. The van der Waals surface area contributed by atoms with Gasteiger partial charge in [0.15, 0.2) is 0 Å². The van der Waals surface area contributed by atoms with E-state index in [1.165, 1.54) is 6.26 Å². The zero-order valence-corrected chi connectivity index (χ0v) is 13.8. The highest BCUT2D eigenvalue weighted by molar-refractivity contribution is 9.10. The molecule has 0 bridgehead atoms. The molecular formula is C11H15Br2NO2S. The van der Waals surface area contributed by atoms with Crippen LogP contribution in [0.5, 0.6) is 0 Å². The highest BCUT2D eigenvalue weighted by Crippen LogP contribution is 2.25. The third kappa shape index (κ3) is 4.97. The van der Waals surface area contributed by atoms with Crippen LogP contribution in [-0.2, 0) is 15.2 Å². The fourth-order valence-electron chi connectivity index (χ4n) is 1.46. The molecule has 0 fully saturated rings. The Bertz CT molecular complexity index is 488. The number of hydrogen-bond donors (Lipinski definition) is 0. The first-order chi connectivity index (χ1) is 7.83. The van der Waals surface area contributed by atoms with Crippen molar-refractivity contribution in [1.29, 1.82) is 0 Å². The van der Waals surface area contributed by atoms with Crippen LogP contribution in [0.1, 0.15) is 5.56 Å². The number of anilines is 1. The van der Waals surface area contributed by atoms with E-state index in [0.29, 0.717) is 6.54 Å². The summed E-state index contributed by atoms with van der Waals surface area (Å²) in [4.78, 5) is 1.96. The Balaban J connectivity index is 2.85. The Morgan fingerprint density at radius 2 is 2.00 bits per heavy atom. The Labute approximate surface area is 119 Å². The van der Waals surface area contributed by atoms with Crippen molar-refractivity contribution >= 4 is 47.4 Å². The van der Waals surface area contributed by atoms with Crippen LogP contribution in [0.4, 0.5) is 5.69 Å². The maximum Gasteiger partial charge on any atom is 0.149 e. The van der Waals surface area contributed by atoms with Crippen molar-refractivity contribution in [3.8, 4) is 0 Å². The Morgan fingerprint density at radius 1 is 1.35 bits per heavy atom. The number of sulfone groups is 1. The van der Waals surface area contributed by atoms with Crippen LogP contribution in [0.3, 0.4) is 0 Å². The van der Waals surface area contributed by atoms with Gasteiger partial charge in [0.05, 0.1) is 5.75 Å². The fourth-order valence-corrected chi connectivity index (χ4v) is 2.92. The number of alkyl halides is 1. The number of hydrogen-bond acceptors (Lipinski definition) is 3. The van der Waals surface area contributed by atoms with Crippen molar-refractivity contribution in [3.05, 3.63) is 28.2 Å². The number of rotatable bonds is 5. The average Bonchev–Trinajstić information content (AvgIpc) is 2.24. The number of nitrogens with zero attached hydrogens (tertiary/aromatic N) is 1. The van der Waals surface area contributed by atoms with Crippen molar-refractivity contribution in [2.45, 2.75) is 5.33 Å². The van der Waals surface area contributed by atoms with Gasteiger partial charge in [0.25, 0.3) is 0 Å². The summed E-state index contributed by atoms with van der Waals surface area (Å²) in [6.07, 6.45) is 1.26. The van der Waals surface area contributed by atoms with Gasteiger partial charge in [-0.05, 0) is 23.8 Å². The van der Waals surface area contributed by atoms with Gasteiger partial charge in [-0.1, -0.05) is 31.9 Å². The predicted molar refractivity (Wildman–Crippen MR) is 79.8 cm³/mol. The minimum Gasteiger partial charge on any atom is -0.373 e. The molecule has 0 aliphatic heterocycles. The molecule has 0 saturated carbocycles. The molecule has 0 amide bonds. The SMILES string of the molecule is CN(CCS(C)(=O)=O)c1ccc(Br)cc1CBr. The van der Waals surface area contributed by atoms with Crippen LogP contribution in [0.25, 0.3) is 0 Å². The topological polar surface area (TPSA) is 37.4 Å². The largest absolute Gasteiger partial charge is 0.373 e. The van der Waals surface area contributed by atoms with Crippen LogP contribution < -0.4 is 4.90 Å². The van der Waals surface area contributed by atoms with Gasteiger partial charge in [0.2, 0.25) is 0 Å². The molecule has 0 spiro atoms. The third-order valence-corrected chi connectivity index (χ3v) is 4.42. The standard InChI is InChI=1S/C11H15Br2NO2S/c1-14(5-6-17(2,15)16)11-4-3-10(13)7-9(11)8-12/h3-4,7H,5-6,8H2,1-2H3. The van der Waals surface area contributed by atoms with Gasteiger partial charge in [0, 0.05) is 35.3 Å². The predicted octanol–water partition coefficient (Wildman–Crippen LogP) is 2.82. The maximum atomic E-state index is 11.1. The molecule has 0 aliphatic rings. The molecule has 0 atom stereocenters. The van der Waals surface area contributed by atoms with Gasteiger partial charge in [-0.15, -0.1) is 0 Å². The average molecular weight is 385 g/mol.